The van der Waals surface area contributed by atoms with Crippen molar-refractivity contribution in [2.24, 2.45) is 5.92 Å². The number of ether oxygens (including phenoxy) is 1. The fourth-order valence-corrected chi connectivity index (χ4v) is 8.16. The highest BCUT2D eigenvalue weighted by Gasteiger charge is 2.40. The molecular weight excluding hydrogens is 866 g/mol. The zero-order valence-corrected chi connectivity index (χ0v) is 37.1. The number of aromatic amines is 2. The van der Waals surface area contributed by atoms with Crippen LogP contribution in [0.1, 0.15) is 89.4 Å². The highest BCUT2D eigenvalue weighted by Crippen LogP contribution is 2.35. The average Bonchev–Trinajstić information content (AvgIpc) is 4.15. The lowest BCUT2D eigenvalue weighted by Crippen LogP contribution is -2.51. The Labute approximate surface area is 378 Å². The van der Waals surface area contributed by atoms with Gasteiger partial charge in [-0.15, -0.1) is 0 Å². The summed E-state index contributed by atoms with van der Waals surface area (Å²) in [5, 5.41) is 19.5. The Balaban J connectivity index is 0.000000952. The summed E-state index contributed by atoms with van der Waals surface area (Å²) >= 11 is 0. The van der Waals surface area contributed by atoms with Gasteiger partial charge in [-0.2, -0.15) is 13.2 Å². The third-order valence-electron chi connectivity index (χ3n) is 11.8. The Kier molecular flexibility index (Phi) is 15.3. The van der Waals surface area contributed by atoms with Crippen molar-refractivity contribution in [3.05, 3.63) is 72.7 Å². The molecule has 5 N–H and O–H groups in total. The van der Waals surface area contributed by atoms with E-state index in [9.17, 15) is 37.5 Å². The van der Waals surface area contributed by atoms with Gasteiger partial charge in [0.2, 0.25) is 11.8 Å². The smallest absolute Gasteiger partial charge is 0.475 e. The van der Waals surface area contributed by atoms with Crippen LogP contribution in [0.3, 0.4) is 0 Å². The lowest BCUT2D eigenvalue weighted by atomic mass is 10.0. The fourth-order valence-electron chi connectivity index (χ4n) is 8.16. The highest BCUT2D eigenvalue weighted by molar-refractivity contribution is 5.87. The van der Waals surface area contributed by atoms with Crippen LogP contribution in [0.25, 0.3) is 44.8 Å². The minimum Gasteiger partial charge on any atom is -0.475 e. The first-order valence-electron chi connectivity index (χ1n) is 21.6. The van der Waals surface area contributed by atoms with Crippen molar-refractivity contribution in [3.63, 3.8) is 0 Å². The fraction of sp³-hybridized carbons (Fsp3) is 0.444. The number of halogens is 3. The van der Waals surface area contributed by atoms with Gasteiger partial charge in [0, 0.05) is 31.3 Å². The number of hydrogen-bond donors (Lipinski definition) is 5. The Morgan fingerprint density at radius 2 is 1.38 bits per heavy atom. The first kappa shape index (κ1) is 48.4. The van der Waals surface area contributed by atoms with E-state index in [0.717, 1.165) is 88.2 Å². The van der Waals surface area contributed by atoms with Crippen molar-refractivity contribution < 1.29 is 52.1 Å². The Morgan fingerprint density at radius 3 is 1.91 bits per heavy atom. The first-order valence-corrected chi connectivity index (χ1v) is 21.6. The number of carboxylic acids is 1. The van der Waals surface area contributed by atoms with Gasteiger partial charge in [0.15, 0.2) is 0 Å². The molecule has 0 radical (unpaired) electrons. The molecule has 2 aromatic carbocycles. The molecule has 0 spiro atoms. The quantitative estimate of drug-likeness (QED) is 0.0768. The maximum atomic E-state index is 13.7. The third-order valence-corrected chi connectivity index (χ3v) is 11.8. The minimum atomic E-state index is -5.08. The molecule has 18 nitrogen and oxygen atoms in total. The predicted molar refractivity (Wildman–Crippen MR) is 234 cm³/mol. The van der Waals surface area contributed by atoms with Crippen LogP contribution in [0.4, 0.5) is 22.8 Å². The number of carbonyl (C=O) groups is 5. The van der Waals surface area contributed by atoms with E-state index in [1.54, 1.807) is 28.4 Å². The summed E-state index contributed by atoms with van der Waals surface area (Å²) in [6.45, 7) is 6.95. The van der Waals surface area contributed by atoms with E-state index in [1.165, 1.54) is 14.2 Å². The minimum absolute atomic E-state index is 0.116. The van der Waals surface area contributed by atoms with Crippen LogP contribution in [0.5, 0.6) is 0 Å². The van der Waals surface area contributed by atoms with Crippen molar-refractivity contribution in [2.45, 2.75) is 96.1 Å². The molecule has 2 aliphatic rings. The van der Waals surface area contributed by atoms with Gasteiger partial charge in [-0.3, -0.25) is 19.5 Å². The van der Waals surface area contributed by atoms with Crippen LogP contribution >= 0.6 is 0 Å². The van der Waals surface area contributed by atoms with Crippen molar-refractivity contribution in [2.75, 3.05) is 27.2 Å². The van der Waals surface area contributed by atoms with Crippen LogP contribution < -0.4 is 5.32 Å². The number of H-pyrrole nitrogens is 2. The molecule has 352 valence electrons. The number of aliphatic carboxylic acids is 1. The topological polar surface area (TPSA) is 240 Å². The van der Waals surface area contributed by atoms with Crippen molar-refractivity contribution in [1.29, 1.82) is 0 Å². The van der Waals surface area contributed by atoms with Gasteiger partial charge in [0.25, 0.3) is 0 Å². The molecule has 7 rings (SSSR count). The summed E-state index contributed by atoms with van der Waals surface area (Å²) in [7, 11) is 2.75. The Hall–Kier alpha value is -7.06. The number of methoxy groups -OCH3 is 1. The van der Waals surface area contributed by atoms with Gasteiger partial charge < -0.3 is 40.0 Å². The number of fused-ring (bicyclic) bond motifs is 1. The summed E-state index contributed by atoms with van der Waals surface area (Å²) in [5.41, 5.74) is 6.51. The molecule has 21 heteroatoms. The molecule has 3 aromatic heterocycles. The van der Waals surface area contributed by atoms with Crippen LogP contribution in [0.2, 0.25) is 0 Å². The van der Waals surface area contributed by atoms with Crippen LogP contribution in [0.15, 0.2) is 61.1 Å². The summed E-state index contributed by atoms with van der Waals surface area (Å²) in [4.78, 5) is 90.4. The van der Waals surface area contributed by atoms with E-state index >= 15 is 0 Å². The van der Waals surface area contributed by atoms with Crippen LogP contribution in [-0.2, 0) is 19.1 Å². The molecule has 2 saturated heterocycles. The molecule has 66 heavy (non-hydrogen) atoms. The normalized spacial score (nSPS) is 17.0. The zero-order valence-electron chi connectivity index (χ0n) is 37.1. The Morgan fingerprint density at radius 1 is 0.833 bits per heavy atom. The van der Waals surface area contributed by atoms with Gasteiger partial charge in [0.1, 0.15) is 23.7 Å². The number of carbonyl (C=O) groups excluding carboxylic acids is 3. The van der Waals surface area contributed by atoms with Gasteiger partial charge in [0.05, 0.1) is 65.9 Å². The molecule has 4 amide bonds. The highest BCUT2D eigenvalue weighted by atomic mass is 19.4. The Bertz CT molecular complexity index is 2530. The number of rotatable bonds is 13. The number of imidazole rings is 2. The second kappa shape index (κ2) is 20.8. The number of aromatic nitrogens is 6. The number of benzene rings is 2. The lowest BCUT2D eigenvalue weighted by Gasteiger charge is -2.31. The number of likely N-dealkylation sites (N-methyl/N-ethyl adjacent to an activating group) is 1. The summed E-state index contributed by atoms with van der Waals surface area (Å²) in [5.74, 6) is -1.83. The number of carboxylic acid groups (broad SMARTS) is 2. The standard InChI is InChI=1S/C43H52N10O6.C2HF3O2/c1-6-7-10-36(51(4)43(57)58)40(54)52-19-8-11-34(52)38-46-24-33(49-38)28-17-18-29-30(21-28)44-22-31(47-29)26-13-15-27(16-14-26)32-23-45-39(48-32)35-12-9-20-53(35)41(55)37(25(2)3)50-42(56)59-5;3-2(4,5)1(6)7/h13-18,21-25,34-37H,6-12,19-20H2,1-5H3,(H,45,48)(H,46,49)(H,50,56)(H,57,58);(H,6,7)/t34-,35-,36+,37-;/m0./s1. The molecular formula is C45H53F3N10O8. The van der Waals surface area contributed by atoms with Gasteiger partial charge in [-0.25, -0.2) is 29.3 Å². The molecule has 2 aliphatic heterocycles. The second-order valence-corrected chi connectivity index (χ2v) is 16.5. The van der Waals surface area contributed by atoms with E-state index in [0.29, 0.717) is 31.2 Å². The monoisotopic (exact) mass is 918 g/mol. The van der Waals surface area contributed by atoms with Gasteiger partial charge in [-0.05, 0) is 55.7 Å². The lowest BCUT2D eigenvalue weighted by molar-refractivity contribution is -0.192. The van der Waals surface area contributed by atoms with E-state index in [4.69, 9.17) is 24.6 Å². The molecule has 0 aliphatic carbocycles. The largest absolute Gasteiger partial charge is 0.490 e. The summed E-state index contributed by atoms with van der Waals surface area (Å²) in [6, 6.07) is 11.9. The number of amides is 4. The number of alkyl halides is 3. The number of unbranched alkanes of at least 4 members (excludes halogenated alkanes) is 1. The van der Waals surface area contributed by atoms with Crippen molar-refractivity contribution in [3.8, 4) is 33.8 Å². The second-order valence-electron chi connectivity index (χ2n) is 16.5. The van der Waals surface area contributed by atoms with Gasteiger partial charge >= 0.3 is 24.3 Å². The molecule has 0 saturated carbocycles. The maximum Gasteiger partial charge on any atom is 0.490 e. The average molecular weight is 919 g/mol. The third kappa shape index (κ3) is 11.1. The molecule has 4 atom stereocenters. The summed E-state index contributed by atoms with van der Waals surface area (Å²) in [6.07, 6.45) is 3.73. The van der Waals surface area contributed by atoms with Crippen molar-refractivity contribution in [1.82, 2.24) is 49.9 Å². The number of hydrogen-bond acceptors (Lipinski definition) is 10. The SMILES string of the molecule is CCCC[C@H](C(=O)N1CCC[C@H]1c1ncc(-c2ccc3nc(-c4ccc(-c5cnc([C@@H]6CCCN6C(=O)[C@@H](NC(=O)OC)C(C)C)[nH]5)cc4)cnc3c2)[nH]1)N(C)C(=O)O.O=C(O)C(F)(F)F. The van der Waals surface area contributed by atoms with E-state index in [1.807, 2.05) is 63.2 Å². The summed E-state index contributed by atoms with van der Waals surface area (Å²) < 4.78 is 36.5. The van der Waals surface area contributed by atoms with Crippen molar-refractivity contribution >= 4 is 41.0 Å². The first-order chi connectivity index (χ1) is 31.4. The van der Waals surface area contributed by atoms with Crippen LogP contribution in [0, 0.1) is 5.92 Å². The van der Waals surface area contributed by atoms with Crippen LogP contribution in [-0.4, -0.2) is 130 Å². The number of nitrogens with one attached hydrogen (secondary N) is 3. The molecule has 5 aromatic rings. The van der Waals surface area contributed by atoms with E-state index in [-0.39, 0.29) is 29.8 Å². The molecule has 0 unspecified atom stereocenters. The number of nitrogens with zero attached hydrogens (tertiary/aromatic N) is 7. The zero-order chi connectivity index (χ0) is 47.9. The molecule has 5 heterocycles. The molecule has 0 bridgehead atoms. The predicted octanol–water partition coefficient (Wildman–Crippen LogP) is 7.59. The maximum absolute atomic E-state index is 13.7. The number of likely N-dealkylation sites (tertiary alicyclic amines) is 2. The molecule has 2 fully saturated rings. The van der Waals surface area contributed by atoms with E-state index < -0.39 is 36.4 Å². The number of alkyl carbamates (subject to hydrolysis) is 1. The van der Waals surface area contributed by atoms with E-state index in [2.05, 4.69) is 25.3 Å². The van der Waals surface area contributed by atoms with Gasteiger partial charge in [-0.1, -0.05) is 63.9 Å².